The number of amides is 4. The van der Waals surface area contributed by atoms with Crippen molar-refractivity contribution in [3.05, 3.63) is 156 Å². The van der Waals surface area contributed by atoms with Gasteiger partial charge in [-0.05, 0) is 58.7 Å². The van der Waals surface area contributed by atoms with Gasteiger partial charge in [0.2, 0.25) is 0 Å². The smallest absolute Gasteiger partial charge is 0.408 e. The number of para-hydroxylation sites is 2. The van der Waals surface area contributed by atoms with Gasteiger partial charge >= 0.3 is 18.1 Å². The van der Waals surface area contributed by atoms with Crippen molar-refractivity contribution in [3.63, 3.8) is 0 Å². The van der Waals surface area contributed by atoms with Gasteiger partial charge in [-0.2, -0.15) is 0 Å². The van der Waals surface area contributed by atoms with Crippen molar-refractivity contribution in [1.29, 1.82) is 0 Å². The third-order valence-corrected chi connectivity index (χ3v) is 8.17. The van der Waals surface area contributed by atoms with Crippen LogP contribution in [0.1, 0.15) is 27.3 Å². The Morgan fingerprint density at radius 3 is 2.08 bits per heavy atom. The van der Waals surface area contributed by atoms with Gasteiger partial charge in [-0.1, -0.05) is 97.1 Å². The number of aromatic amines is 1. The van der Waals surface area contributed by atoms with Gasteiger partial charge in [0.1, 0.15) is 18.5 Å². The topological polar surface area (TPSA) is 166 Å². The Bertz CT molecular complexity index is 2100. The minimum absolute atomic E-state index is 0.0308. The number of nitrogens with one attached hydrogen (secondary N) is 4. The molecule has 5 aromatic carbocycles. The van der Waals surface area contributed by atoms with Crippen LogP contribution in [-0.2, 0) is 29.2 Å². The number of aliphatic carboxylic acids is 1. The van der Waals surface area contributed by atoms with E-state index in [1.54, 1.807) is 53.4 Å². The highest BCUT2D eigenvalue weighted by atomic mass is 16.5. The number of carbonyl (C=O) groups is 4. The minimum Gasteiger partial charge on any atom is -0.480 e. The number of ether oxygens (including phenoxy) is 1. The molecule has 5 N–H and O–H groups in total. The number of benzene rings is 5. The number of carboxylic acid groups (broad SMARTS) is 1. The first-order valence-corrected chi connectivity index (χ1v) is 16.5. The fourth-order valence-corrected chi connectivity index (χ4v) is 5.43. The summed E-state index contributed by atoms with van der Waals surface area (Å²) in [5.74, 6) is -1.26. The molecular weight excluding hydrogens is 660 g/mol. The molecule has 0 aliphatic rings. The third-order valence-electron chi connectivity index (χ3n) is 8.17. The Morgan fingerprint density at radius 2 is 1.38 bits per heavy atom. The van der Waals surface area contributed by atoms with E-state index < -0.39 is 24.0 Å². The van der Waals surface area contributed by atoms with Crippen LogP contribution in [0.15, 0.2) is 133 Å². The normalized spacial score (nSPS) is 11.3. The van der Waals surface area contributed by atoms with Gasteiger partial charge < -0.3 is 35.7 Å². The molecule has 0 radical (unpaired) electrons. The molecule has 0 spiro atoms. The monoisotopic (exact) mass is 696 g/mol. The van der Waals surface area contributed by atoms with Crippen LogP contribution in [0.4, 0.5) is 15.3 Å². The van der Waals surface area contributed by atoms with E-state index in [1.807, 2.05) is 84.9 Å². The van der Waals surface area contributed by atoms with Gasteiger partial charge in [0.15, 0.2) is 0 Å². The summed E-state index contributed by atoms with van der Waals surface area (Å²) in [5.41, 5.74) is 6.13. The Morgan fingerprint density at radius 1 is 0.731 bits per heavy atom. The summed E-state index contributed by atoms with van der Waals surface area (Å²) < 4.78 is 5.10. The second-order valence-electron chi connectivity index (χ2n) is 11.9. The predicted molar refractivity (Wildman–Crippen MR) is 196 cm³/mol. The van der Waals surface area contributed by atoms with Gasteiger partial charge in [0, 0.05) is 24.3 Å². The zero-order valence-corrected chi connectivity index (χ0v) is 28.0. The molecule has 4 amide bonds. The largest absolute Gasteiger partial charge is 0.480 e. The zero-order valence-electron chi connectivity index (χ0n) is 28.0. The maximum atomic E-state index is 13.7. The van der Waals surface area contributed by atoms with Crippen LogP contribution in [-0.4, -0.2) is 56.6 Å². The molecule has 1 heterocycles. The van der Waals surface area contributed by atoms with E-state index in [-0.39, 0.29) is 37.8 Å². The number of nitrogens with zero attached hydrogens (tertiary/aromatic N) is 2. The first-order chi connectivity index (χ1) is 25.3. The van der Waals surface area contributed by atoms with Crippen molar-refractivity contribution in [2.75, 3.05) is 11.9 Å². The number of rotatable bonds is 13. The molecule has 0 bridgehead atoms. The average Bonchev–Trinajstić information content (AvgIpc) is 3.59. The second-order valence-corrected chi connectivity index (χ2v) is 11.9. The summed E-state index contributed by atoms with van der Waals surface area (Å²) in [5, 5.41) is 17.4. The number of aromatic nitrogens is 2. The number of anilines is 1. The Labute approximate surface area is 299 Å². The van der Waals surface area contributed by atoms with Crippen LogP contribution in [0, 0.1) is 0 Å². The van der Waals surface area contributed by atoms with E-state index >= 15 is 0 Å². The molecule has 1 atom stereocenters. The van der Waals surface area contributed by atoms with Gasteiger partial charge in [0.05, 0.1) is 17.6 Å². The SMILES string of the molecule is O=C(NC(CNC(=O)c1ccc(CN(Cc2nc3ccccc3[nH]2)C(=O)Nc2ccc(-c3ccccc3)cc2)cc1)C(=O)O)OCc1ccccc1. The fraction of sp³-hybridized carbons (Fsp3) is 0.125. The van der Waals surface area contributed by atoms with Gasteiger partial charge in [-0.3, -0.25) is 4.79 Å². The van der Waals surface area contributed by atoms with E-state index in [2.05, 4.69) is 25.9 Å². The Kier molecular flexibility index (Phi) is 11.2. The van der Waals surface area contributed by atoms with Crippen LogP contribution in [0.3, 0.4) is 0 Å². The summed E-state index contributed by atoms with van der Waals surface area (Å²) in [6, 6.07) is 39.0. The lowest BCUT2D eigenvalue weighted by atomic mass is 10.1. The highest BCUT2D eigenvalue weighted by Crippen LogP contribution is 2.22. The second kappa shape index (κ2) is 16.6. The van der Waals surface area contributed by atoms with Crippen LogP contribution in [0.25, 0.3) is 22.2 Å². The molecular formula is C40H36N6O6. The van der Waals surface area contributed by atoms with Crippen LogP contribution in [0.5, 0.6) is 0 Å². The number of hydrogen-bond acceptors (Lipinski definition) is 6. The van der Waals surface area contributed by atoms with Crippen molar-refractivity contribution in [2.45, 2.75) is 25.7 Å². The molecule has 6 rings (SSSR count). The molecule has 6 aromatic rings. The molecule has 52 heavy (non-hydrogen) atoms. The highest BCUT2D eigenvalue weighted by molar-refractivity contribution is 5.95. The summed E-state index contributed by atoms with van der Waals surface area (Å²) in [7, 11) is 0. The van der Waals surface area contributed by atoms with Crippen molar-refractivity contribution < 1.29 is 29.0 Å². The summed E-state index contributed by atoms with van der Waals surface area (Å²) in [6.45, 7) is -0.0176. The molecule has 0 aliphatic carbocycles. The van der Waals surface area contributed by atoms with Gasteiger partial charge in [-0.25, -0.2) is 19.4 Å². The molecule has 0 saturated carbocycles. The average molecular weight is 697 g/mol. The van der Waals surface area contributed by atoms with Crippen molar-refractivity contribution in [1.82, 2.24) is 25.5 Å². The van der Waals surface area contributed by atoms with E-state index in [1.165, 1.54) is 0 Å². The van der Waals surface area contributed by atoms with E-state index in [0.717, 1.165) is 33.3 Å². The fourth-order valence-electron chi connectivity index (χ4n) is 5.43. The number of H-pyrrole nitrogens is 1. The lowest BCUT2D eigenvalue weighted by Gasteiger charge is -2.23. The summed E-state index contributed by atoms with van der Waals surface area (Å²) in [4.78, 5) is 60.1. The van der Waals surface area contributed by atoms with E-state index in [9.17, 15) is 24.3 Å². The molecule has 12 heteroatoms. The number of imidazole rings is 1. The quantitative estimate of drug-likeness (QED) is 0.0911. The van der Waals surface area contributed by atoms with E-state index in [0.29, 0.717) is 11.5 Å². The molecule has 262 valence electrons. The van der Waals surface area contributed by atoms with E-state index in [4.69, 9.17) is 4.74 Å². The lowest BCUT2D eigenvalue weighted by molar-refractivity contribution is -0.139. The zero-order chi connectivity index (χ0) is 36.3. The molecule has 12 nitrogen and oxygen atoms in total. The molecule has 0 aliphatic heterocycles. The number of alkyl carbamates (subject to hydrolysis) is 1. The molecule has 1 aromatic heterocycles. The lowest BCUT2D eigenvalue weighted by Crippen LogP contribution is -2.48. The van der Waals surface area contributed by atoms with Crippen molar-refractivity contribution >= 4 is 40.7 Å². The number of urea groups is 1. The number of fused-ring (bicyclic) bond motifs is 1. The van der Waals surface area contributed by atoms with Crippen LogP contribution < -0.4 is 16.0 Å². The summed E-state index contributed by atoms with van der Waals surface area (Å²) >= 11 is 0. The first-order valence-electron chi connectivity index (χ1n) is 16.5. The van der Waals surface area contributed by atoms with Gasteiger partial charge in [0.25, 0.3) is 5.91 Å². The maximum absolute atomic E-state index is 13.7. The Balaban J connectivity index is 1.08. The predicted octanol–water partition coefficient (Wildman–Crippen LogP) is 6.57. The van der Waals surface area contributed by atoms with Crippen LogP contribution >= 0.6 is 0 Å². The Hall–Kier alpha value is -6.95. The highest BCUT2D eigenvalue weighted by Gasteiger charge is 2.22. The third kappa shape index (κ3) is 9.39. The standard InChI is InChI=1S/C40H36N6O6/c47-37(41-23-35(38(48)49)45-40(51)52-26-28-9-3-1-4-10-28)31-17-15-27(16-18-31)24-46(25-36-43-33-13-7-8-14-34(33)44-36)39(50)42-32-21-19-30(20-22-32)29-11-5-2-6-12-29/h1-22,35H,23-26H2,(H,41,47)(H,42,50)(H,43,44)(H,45,51)(H,48,49). The minimum atomic E-state index is -1.41. The molecule has 0 saturated heterocycles. The number of carboxylic acids is 1. The van der Waals surface area contributed by atoms with Crippen molar-refractivity contribution in [3.8, 4) is 11.1 Å². The van der Waals surface area contributed by atoms with Crippen molar-refractivity contribution in [2.24, 2.45) is 0 Å². The molecule has 1 unspecified atom stereocenters. The maximum Gasteiger partial charge on any atom is 0.408 e. The van der Waals surface area contributed by atoms with Gasteiger partial charge in [-0.15, -0.1) is 0 Å². The summed E-state index contributed by atoms with van der Waals surface area (Å²) in [6.07, 6.45) is -0.921. The first kappa shape index (κ1) is 34.9. The number of carbonyl (C=O) groups excluding carboxylic acids is 3. The molecule has 0 fully saturated rings. The van der Waals surface area contributed by atoms with Crippen LogP contribution in [0.2, 0.25) is 0 Å². The number of hydrogen-bond donors (Lipinski definition) is 5.